The van der Waals surface area contributed by atoms with Gasteiger partial charge in [0.05, 0.1) is 24.8 Å². The van der Waals surface area contributed by atoms with Crippen molar-refractivity contribution < 1.29 is 23.9 Å². The first kappa shape index (κ1) is 27.4. The molecule has 1 aromatic carbocycles. The number of esters is 1. The Balaban J connectivity index is 2.36. The molecule has 0 saturated heterocycles. The Kier molecular flexibility index (Phi) is 8.99. The number of carbonyl (C=O) groups excluding carboxylic acids is 3. The minimum atomic E-state index is -1.02. The Morgan fingerprint density at radius 3 is 2.37 bits per heavy atom. The van der Waals surface area contributed by atoms with E-state index < -0.39 is 35.0 Å². The van der Waals surface area contributed by atoms with Crippen LogP contribution in [0.5, 0.6) is 0 Å². The topological polar surface area (TPSA) is 122 Å². The van der Waals surface area contributed by atoms with Gasteiger partial charge in [0, 0.05) is 11.8 Å². The van der Waals surface area contributed by atoms with Gasteiger partial charge in [0.2, 0.25) is 5.91 Å². The van der Waals surface area contributed by atoms with Crippen LogP contribution in [0, 0.1) is 0 Å². The molecule has 2 rings (SSSR count). The Morgan fingerprint density at radius 2 is 1.80 bits per heavy atom. The van der Waals surface area contributed by atoms with Gasteiger partial charge in [-0.25, -0.2) is 14.6 Å². The third kappa shape index (κ3) is 8.13. The van der Waals surface area contributed by atoms with Crippen LogP contribution in [0.3, 0.4) is 0 Å². The van der Waals surface area contributed by atoms with Gasteiger partial charge in [-0.2, -0.15) is 0 Å². The minimum absolute atomic E-state index is 0.130. The number of hydrogen-bond donors (Lipinski definition) is 3. The number of ether oxygens (including phenoxy) is 2. The molecule has 0 unspecified atom stereocenters. The maximum absolute atomic E-state index is 13.3. The van der Waals surface area contributed by atoms with Crippen LogP contribution in [0.4, 0.5) is 4.79 Å². The van der Waals surface area contributed by atoms with Crippen LogP contribution in [-0.4, -0.2) is 46.7 Å². The van der Waals surface area contributed by atoms with Crippen molar-refractivity contribution >= 4 is 24.0 Å². The minimum Gasteiger partial charge on any atom is -0.464 e. The number of allylic oxidation sites excluding steroid dienone is 1. The molecule has 1 aromatic heterocycles. The quantitative estimate of drug-likeness (QED) is 0.285. The van der Waals surface area contributed by atoms with Crippen molar-refractivity contribution in [3.63, 3.8) is 0 Å². The van der Waals surface area contributed by atoms with Crippen molar-refractivity contribution in [1.29, 1.82) is 0 Å². The number of nitrogens with zero attached hydrogens (tertiary/aromatic N) is 1. The van der Waals surface area contributed by atoms with Crippen molar-refractivity contribution in [3.8, 4) is 0 Å². The Hall–Kier alpha value is -3.88. The third-order valence-corrected chi connectivity index (χ3v) is 5.06. The monoisotopic (exact) mass is 482 g/mol. The molecule has 1 heterocycles. The second kappa shape index (κ2) is 11.5. The number of rotatable bonds is 9. The zero-order chi connectivity index (χ0) is 26.2. The second-order valence-electron chi connectivity index (χ2n) is 9.52. The molecule has 0 aliphatic heterocycles. The van der Waals surface area contributed by atoms with Crippen molar-refractivity contribution in [3.05, 3.63) is 72.0 Å². The highest BCUT2D eigenvalue weighted by molar-refractivity contribution is 5.99. The van der Waals surface area contributed by atoms with Gasteiger partial charge in [0.25, 0.3) is 0 Å². The molecule has 2 amide bonds. The fourth-order valence-corrected chi connectivity index (χ4v) is 3.15. The molecule has 0 saturated carbocycles. The first-order valence-corrected chi connectivity index (χ1v) is 11.2. The summed E-state index contributed by atoms with van der Waals surface area (Å²) in [7, 11) is 1.21. The number of methoxy groups -OCH3 is 1. The van der Waals surface area contributed by atoms with E-state index in [2.05, 4.69) is 27.2 Å². The highest BCUT2D eigenvalue weighted by Crippen LogP contribution is 2.26. The molecule has 2 aromatic rings. The fourth-order valence-electron chi connectivity index (χ4n) is 3.15. The molecular weight excluding hydrogens is 448 g/mol. The molecular formula is C26H34N4O5. The van der Waals surface area contributed by atoms with E-state index in [9.17, 15) is 14.4 Å². The predicted molar refractivity (Wildman–Crippen MR) is 133 cm³/mol. The van der Waals surface area contributed by atoms with Crippen LogP contribution in [0.25, 0.3) is 6.08 Å². The summed E-state index contributed by atoms with van der Waals surface area (Å²) in [5, 5.41) is 5.19. The van der Waals surface area contributed by atoms with Crippen LogP contribution >= 0.6 is 0 Å². The molecule has 188 valence electrons. The lowest BCUT2D eigenvalue weighted by Crippen LogP contribution is -2.49. The predicted octanol–water partition coefficient (Wildman–Crippen LogP) is 3.64. The van der Waals surface area contributed by atoms with Crippen molar-refractivity contribution in [2.75, 3.05) is 7.11 Å². The van der Waals surface area contributed by atoms with E-state index in [0.29, 0.717) is 11.4 Å². The number of aromatic nitrogens is 2. The van der Waals surface area contributed by atoms with Gasteiger partial charge in [-0.15, -0.1) is 6.58 Å². The van der Waals surface area contributed by atoms with E-state index in [1.54, 1.807) is 26.8 Å². The van der Waals surface area contributed by atoms with Crippen molar-refractivity contribution in [1.82, 2.24) is 20.6 Å². The van der Waals surface area contributed by atoms with Crippen LogP contribution in [-0.2, 0) is 30.9 Å². The van der Waals surface area contributed by atoms with E-state index in [0.717, 1.165) is 5.56 Å². The summed E-state index contributed by atoms with van der Waals surface area (Å²) in [5.41, 5.74) is 0.612. The van der Waals surface area contributed by atoms with Gasteiger partial charge in [0.1, 0.15) is 17.3 Å². The first-order chi connectivity index (χ1) is 16.4. The summed E-state index contributed by atoms with van der Waals surface area (Å²) >= 11 is 0. The summed E-state index contributed by atoms with van der Waals surface area (Å²) in [5.74, 6) is -1.38. The third-order valence-electron chi connectivity index (χ3n) is 5.06. The van der Waals surface area contributed by atoms with E-state index in [4.69, 9.17) is 9.47 Å². The normalized spacial score (nSPS) is 12.9. The SMILES string of the molecule is C=CC(C)(C)c1[nH]cnc1/C=C(\NC(=O)[C@H](Cc1ccccc1)NC(=O)OC(C)(C)C)C(=O)OC. The van der Waals surface area contributed by atoms with Gasteiger partial charge in [-0.3, -0.25) is 4.79 Å². The first-order valence-electron chi connectivity index (χ1n) is 11.2. The van der Waals surface area contributed by atoms with Gasteiger partial charge >= 0.3 is 12.1 Å². The lowest BCUT2D eigenvalue weighted by molar-refractivity contribution is -0.137. The van der Waals surface area contributed by atoms with Crippen LogP contribution in [0.15, 0.2) is 55.0 Å². The maximum atomic E-state index is 13.3. The van der Waals surface area contributed by atoms with E-state index in [1.165, 1.54) is 19.5 Å². The van der Waals surface area contributed by atoms with Crippen molar-refractivity contribution in [2.45, 2.75) is 58.1 Å². The summed E-state index contributed by atoms with van der Waals surface area (Å²) in [6.45, 7) is 12.9. The van der Waals surface area contributed by atoms with Crippen molar-refractivity contribution in [2.24, 2.45) is 0 Å². The number of amides is 2. The molecule has 0 radical (unpaired) electrons. The molecule has 9 nitrogen and oxygen atoms in total. The van der Waals surface area contributed by atoms with E-state index in [1.807, 2.05) is 44.2 Å². The molecule has 1 atom stereocenters. The molecule has 0 bridgehead atoms. The van der Waals surface area contributed by atoms with Gasteiger partial charge in [0.15, 0.2) is 0 Å². The van der Waals surface area contributed by atoms with E-state index >= 15 is 0 Å². The van der Waals surface area contributed by atoms with E-state index in [-0.39, 0.29) is 12.1 Å². The summed E-state index contributed by atoms with van der Waals surface area (Å²) in [6, 6.07) is 8.16. The zero-order valence-electron chi connectivity index (χ0n) is 21.1. The molecule has 0 aliphatic rings. The largest absolute Gasteiger partial charge is 0.464 e. The molecule has 0 spiro atoms. The average molecular weight is 483 g/mol. The summed E-state index contributed by atoms with van der Waals surface area (Å²) in [6.07, 6.45) is 4.09. The smallest absolute Gasteiger partial charge is 0.408 e. The second-order valence-corrected chi connectivity index (χ2v) is 9.52. The molecule has 3 N–H and O–H groups in total. The number of nitrogens with one attached hydrogen (secondary N) is 3. The van der Waals surface area contributed by atoms with Crippen LogP contribution < -0.4 is 10.6 Å². The van der Waals surface area contributed by atoms with Crippen LogP contribution in [0.1, 0.15) is 51.6 Å². The average Bonchev–Trinajstić information content (AvgIpc) is 3.26. The van der Waals surface area contributed by atoms with Gasteiger partial charge < -0.3 is 25.1 Å². The van der Waals surface area contributed by atoms with Gasteiger partial charge in [-0.05, 0) is 32.4 Å². The standard InChI is InChI=1S/C26H34N4O5/c1-8-26(5,6)21-18(27-16-28-21)15-20(23(32)34-7)29-22(31)19(14-17-12-10-9-11-13-17)30-24(33)35-25(2,3)4/h8-13,15-16,19H,1,14H2,2-7H3,(H,27,28)(H,29,31)(H,30,33)/b20-15-/t19-/m0/s1. The Bertz CT molecular complexity index is 1080. The maximum Gasteiger partial charge on any atom is 0.408 e. The number of hydrogen-bond acceptors (Lipinski definition) is 6. The van der Waals surface area contributed by atoms with Crippen LogP contribution in [0.2, 0.25) is 0 Å². The van der Waals surface area contributed by atoms with Gasteiger partial charge in [-0.1, -0.05) is 50.3 Å². The fraction of sp³-hybridized carbons (Fsp3) is 0.385. The number of aromatic amines is 1. The lowest BCUT2D eigenvalue weighted by atomic mass is 9.88. The highest BCUT2D eigenvalue weighted by atomic mass is 16.6. The number of imidazole rings is 1. The number of H-pyrrole nitrogens is 1. The Labute approximate surface area is 206 Å². The summed E-state index contributed by atoms with van der Waals surface area (Å²) in [4.78, 5) is 45.5. The molecule has 0 fully saturated rings. The number of alkyl carbamates (subject to hydrolysis) is 1. The number of benzene rings is 1. The Morgan fingerprint density at radius 1 is 1.14 bits per heavy atom. The number of carbonyl (C=O) groups is 3. The lowest BCUT2D eigenvalue weighted by Gasteiger charge is -2.23. The highest BCUT2D eigenvalue weighted by Gasteiger charge is 2.28. The summed E-state index contributed by atoms with van der Waals surface area (Å²) < 4.78 is 10.2. The molecule has 0 aliphatic carbocycles. The molecule has 9 heteroatoms. The molecule has 35 heavy (non-hydrogen) atoms. The zero-order valence-corrected chi connectivity index (χ0v) is 21.1.